The van der Waals surface area contributed by atoms with E-state index in [9.17, 15) is 19.3 Å². The van der Waals surface area contributed by atoms with Crippen molar-refractivity contribution in [1.29, 1.82) is 0 Å². The molecule has 170 valence electrons. The molecule has 0 atom stereocenters. The van der Waals surface area contributed by atoms with Gasteiger partial charge >= 0.3 is 0 Å². The van der Waals surface area contributed by atoms with E-state index in [0.29, 0.717) is 5.56 Å². The van der Waals surface area contributed by atoms with Crippen LogP contribution in [0.5, 0.6) is 0 Å². The number of amides is 1. The van der Waals surface area contributed by atoms with Crippen LogP contribution in [0.3, 0.4) is 0 Å². The predicted octanol–water partition coefficient (Wildman–Crippen LogP) is 2.34. The van der Waals surface area contributed by atoms with Crippen LogP contribution < -0.4 is 10.3 Å². The molecule has 0 spiro atoms. The second-order valence-corrected chi connectivity index (χ2v) is 7.02. The molecule has 1 aliphatic heterocycles. The number of rotatable bonds is 5. The highest BCUT2D eigenvalue weighted by Gasteiger charge is 2.19. The SMILES string of the molecule is CC(=O)O.CN1CCN(c2ccc([N+](=O)[O-])cc2C=NNC(=O)c2ccc(F)cc2)CC1. The van der Waals surface area contributed by atoms with Gasteiger partial charge < -0.3 is 14.9 Å². The Bertz CT molecular complexity index is 985. The van der Waals surface area contributed by atoms with Crippen molar-refractivity contribution in [3.63, 3.8) is 0 Å². The monoisotopic (exact) mass is 445 g/mol. The van der Waals surface area contributed by atoms with Gasteiger partial charge in [-0.05, 0) is 37.4 Å². The molecule has 0 aliphatic carbocycles. The molecular formula is C21H24FN5O5. The molecule has 1 aliphatic rings. The zero-order valence-corrected chi connectivity index (χ0v) is 17.7. The number of halogens is 1. The van der Waals surface area contributed by atoms with Crippen LogP contribution in [0.15, 0.2) is 47.6 Å². The van der Waals surface area contributed by atoms with Gasteiger partial charge in [0.25, 0.3) is 17.6 Å². The highest BCUT2D eigenvalue weighted by atomic mass is 19.1. The number of hydrazone groups is 1. The fourth-order valence-electron chi connectivity index (χ4n) is 2.92. The maximum atomic E-state index is 12.9. The van der Waals surface area contributed by atoms with Crippen LogP contribution in [0.1, 0.15) is 22.8 Å². The van der Waals surface area contributed by atoms with Gasteiger partial charge in [0.1, 0.15) is 5.82 Å². The summed E-state index contributed by atoms with van der Waals surface area (Å²) in [4.78, 5) is 36.1. The minimum Gasteiger partial charge on any atom is -0.481 e. The van der Waals surface area contributed by atoms with E-state index in [1.54, 1.807) is 6.07 Å². The fraction of sp³-hybridized carbons (Fsp3) is 0.286. The van der Waals surface area contributed by atoms with Crippen LogP contribution in [0, 0.1) is 15.9 Å². The molecule has 3 rings (SSSR count). The van der Waals surface area contributed by atoms with Gasteiger partial charge in [-0.15, -0.1) is 0 Å². The lowest BCUT2D eigenvalue weighted by Gasteiger charge is -2.34. The minimum absolute atomic E-state index is 0.0517. The topological polar surface area (TPSA) is 128 Å². The van der Waals surface area contributed by atoms with Crippen molar-refractivity contribution < 1.29 is 24.0 Å². The van der Waals surface area contributed by atoms with Gasteiger partial charge in [-0.1, -0.05) is 0 Å². The van der Waals surface area contributed by atoms with Crippen molar-refractivity contribution in [2.24, 2.45) is 5.10 Å². The molecule has 11 heteroatoms. The third kappa shape index (κ3) is 7.43. The van der Waals surface area contributed by atoms with Crippen molar-refractivity contribution in [2.45, 2.75) is 6.92 Å². The number of carboxylic acid groups (broad SMARTS) is 1. The van der Waals surface area contributed by atoms with Crippen molar-refractivity contribution in [3.05, 3.63) is 69.5 Å². The Morgan fingerprint density at radius 1 is 1.16 bits per heavy atom. The number of nitro benzene ring substituents is 1. The Kier molecular flexibility index (Phi) is 8.78. The molecule has 2 N–H and O–H groups in total. The standard InChI is InChI=1S/C19H20FN5O3.C2H4O2/c1-23-8-10-24(11-9-23)18-7-6-17(25(27)28)12-15(18)13-21-22-19(26)14-2-4-16(20)5-3-14;1-2(3)4/h2-7,12-13H,8-11H2,1H3,(H,22,26);1H3,(H,3,4). The summed E-state index contributed by atoms with van der Waals surface area (Å²) < 4.78 is 12.9. The zero-order chi connectivity index (χ0) is 23.7. The molecular weight excluding hydrogens is 421 g/mol. The molecule has 2 aromatic rings. The first-order valence-electron chi connectivity index (χ1n) is 9.68. The van der Waals surface area contributed by atoms with Gasteiger partial charge in [-0.25, -0.2) is 9.82 Å². The number of non-ortho nitro benzene ring substituents is 1. The molecule has 0 saturated carbocycles. The minimum atomic E-state index is -0.833. The normalized spacial score (nSPS) is 13.9. The Balaban J connectivity index is 0.000000837. The number of hydrogen-bond acceptors (Lipinski definition) is 7. The van der Waals surface area contributed by atoms with E-state index in [-0.39, 0.29) is 11.3 Å². The van der Waals surface area contributed by atoms with Crippen LogP contribution >= 0.6 is 0 Å². The smallest absolute Gasteiger partial charge is 0.300 e. The number of aliphatic carboxylic acids is 1. The molecule has 1 fully saturated rings. The zero-order valence-electron chi connectivity index (χ0n) is 17.7. The number of nitrogens with zero attached hydrogens (tertiary/aromatic N) is 4. The molecule has 0 unspecified atom stereocenters. The van der Waals surface area contributed by atoms with Crippen molar-refractivity contribution >= 4 is 29.5 Å². The number of piperazine rings is 1. The van der Waals surface area contributed by atoms with Gasteiger partial charge in [0, 0.05) is 62.0 Å². The summed E-state index contributed by atoms with van der Waals surface area (Å²) in [6.45, 7) is 4.43. The van der Waals surface area contributed by atoms with E-state index in [4.69, 9.17) is 9.90 Å². The first kappa shape index (κ1) is 24.4. The largest absolute Gasteiger partial charge is 0.481 e. The quantitative estimate of drug-likeness (QED) is 0.411. The van der Waals surface area contributed by atoms with Crippen LogP contribution in [-0.2, 0) is 4.79 Å². The first-order valence-corrected chi connectivity index (χ1v) is 9.68. The summed E-state index contributed by atoms with van der Waals surface area (Å²) >= 11 is 0. The molecule has 1 heterocycles. The van der Waals surface area contributed by atoms with Gasteiger partial charge in [-0.2, -0.15) is 5.10 Å². The van der Waals surface area contributed by atoms with Gasteiger partial charge in [-0.3, -0.25) is 19.7 Å². The second-order valence-electron chi connectivity index (χ2n) is 7.02. The summed E-state index contributed by atoms with van der Waals surface area (Å²) in [5.74, 6) is -1.77. The highest BCUT2D eigenvalue weighted by Crippen LogP contribution is 2.25. The average Bonchev–Trinajstić information content (AvgIpc) is 2.74. The number of nitro groups is 1. The lowest BCUT2D eigenvalue weighted by molar-refractivity contribution is -0.384. The summed E-state index contributed by atoms with van der Waals surface area (Å²) in [6, 6.07) is 9.66. The fourth-order valence-corrected chi connectivity index (χ4v) is 2.92. The summed E-state index contributed by atoms with van der Waals surface area (Å²) in [5.41, 5.74) is 3.93. The number of carboxylic acids is 1. The molecule has 0 aromatic heterocycles. The van der Waals surface area contributed by atoms with Crippen LogP contribution in [0.2, 0.25) is 0 Å². The van der Waals surface area contributed by atoms with Crippen molar-refractivity contribution in [1.82, 2.24) is 10.3 Å². The Labute approximate surface area is 184 Å². The lowest BCUT2D eigenvalue weighted by atomic mass is 10.1. The van der Waals surface area contributed by atoms with E-state index in [1.165, 1.54) is 42.6 Å². The summed E-state index contributed by atoms with van der Waals surface area (Å²) in [6.07, 6.45) is 1.39. The number of hydrogen-bond donors (Lipinski definition) is 2. The third-order valence-electron chi connectivity index (χ3n) is 4.54. The van der Waals surface area contributed by atoms with Gasteiger partial charge in [0.15, 0.2) is 0 Å². The number of carbonyl (C=O) groups excluding carboxylic acids is 1. The van der Waals surface area contributed by atoms with E-state index >= 15 is 0 Å². The Hall–Kier alpha value is -3.86. The van der Waals surface area contributed by atoms with E-state index < -0.39 is 22.6 Å². The Morgan fingerprint density at radius 2 is 1.75 bits per heavy atom. The van der Waals surface area contributed by atoms with Crippen LogP contribution in [-0.4, -0.2) is 66.2 Å². The van der Waals surface area contributed by atoms with E-state index in [2.05, 4.69) is 20.3 Å². The third-order valence-corrected chi connectivity index (χ3v) is 4.54. The number of nitrogens with one attached hydrogen (secondary N) is 1. The lowest BCUT2D eigenvalue weighted by Crippen LogP contribution is -2.44. The van der Waals surface area contributed by atoms with Crippen LogP contribution in [0.25, 0.3) is 0 Å². The molecule has 0 radical (unpaired) electrons. The van der Waals surface area contributed by atoms with Gasteiger partial charge in [0.05, 0.1) is 11.1 Å². The summed E-state index contributed by atoms with van der Waals surface area (Å²) in [5, 5.41) is 22.5. The van der Waals surface area contributed by atoms with Crippen LogP contribution in [0.4, 0.5) is 15.8 Å². The summed E-state index contributed by atoms with van der Waals surface area (Å²) in [7, 11) is 2.04. The molecule has 0 bridgehead atoms. The van der Waals surface area contributed by atoms with Gasteiger partial charge in [0.2, 0.25) is 0 Å². The highest BCUT2D eigenvalue weighted by molar-refractivity contribution is 5.95. The van der Waals surface area contributed by atoms with Crippen molar-refractivity contribution in [3.8, 4) is 0 Å². The molecule has 10 nitrogen and oxygen atoms in total. The molecule has 2 aromatic carbocycles. The predicted molar refractivity (Wildman–Crippen MR) is 118 cm³/mol. The Morgan fingerprint density at radius 3 is 2.31 bits per heavy atom. The maximum absolute atomic E-state index is 12.9. The van der Waals surface area contributed by atoms with E-state index in [1.807, 2.05) is 7.05 Å². The molecule has 32 heavy (non-hydrogen) atoms. The number of likely N-dealkylation sites (N-methyl/N-ethyl adjacent to an activating group) is 1. The maximum Gasteiger partial charge on any atom is 0.300 e. The molecule has 1 saturated heterocycles. The van der Waals surface area contributed by atoms with E-state index in [0.717, 1.165) is 38.8 Å². The number of carbonyl (C=O) groups is 2. The first-order chi connectivity index (χ1) is 15.2. The molecule has 1 amide bonds. The number of anilines is 1. The second kappa shape index (κ2) is 11.5. The average molecular weight is 445 g/mol. The van der Waals surface area contributed by atoms with Crippen molar-refractivity contribution in [2.75, 3.05) is 38.1 Å². The number of benzene rings is 2.